The Labute approximate surface area is 173 Å². The number of nitrogens with zero attached hydrogens (tertiary/aromatic N) is 1. The Bertz CT molecular complexity index is 1050. The maximum Gasteiger partial charge on any atom is 0.257 e. The SMILES string of the molecule is Cc1ccc2c(c1C)=NC(=O)C(CCNC(=O)COc1ccc(Cl)cc1Cl)C=2. The van der Waals surface area contributed by atoms with Crippen molar-refractivity contribution in [2.45, 2.75) is 20.3 Å². The van der Waals surface area contributed by atoms with Crippen molar-refractivity contribution in [3.05, 3.63) is 62.1 Å². The van der Waals surface area contributed by atoms with E-state index < -0.39 is 0 Å². The third-order valence-corrected chi connectivity index (χ3v) is 5.21. The lowest BCUT2D eigenvalue weighted by molar-refractivity contribution is -0.124. The molecule has 2 aromatic carbocycles. The molecule has 5 nitrogen and oxygen atoms in total. The van der Waals surface area contributed by atoms with Crippen LogP contribution >= 0.6 is 23.2 Å². The predicted octanol–water partition coefficient (Wildman–Crippen LogP) is 2.75. The Hall–Kier alpha value is -2.37. The average Bonchev–Trinajstić information content (AvgIpc) is 2.65. The zero-order valence-electron chi connectivity index (χ0n) is 15.6. The lowest BCUT2D eigenvalue weighted by Gasteiger charge is -2.14. The molecular formula is C21H20Cl2N2O3. The van der Waals surface area contributed by atoms with Gasteiger partial charge in [0.05, 0.1) is 16.3 Å². The number of hydrogen-bond donors (Lipinski definition) is 1. The van der Waals surface area contributed by atoms with E-state index in [-0.39, 0.29) is 24.3 Å². The molecule has 2 amide bonds. The van der Waals surface area contributed by atoms with Gasteiger partial charge in [-0.2, -0.15) is 0 Å². The molecule has 0 fully saturated rings. The van der Waals surface area contributed by atoms with Crippen molar-refractivity contribution in [1.82, 2.24) is 5.32 Å². The van der Waals surface area contributed by atoms with Crippen LogP contribution < -0.4 is 20.6 Å². The van der Waals surface area contributed by atoms with Gasteiger partial charge in [-0.3, -0.25) is 9.59 Å². The second-order valence-electron chi connectivity index (χ2n) is 6.67. The minimum absolute atomic E-state index is 0.171. The Morgan fingerprint density at radius 1 is 1.21 bits per heavy atom. The van der Waals surface area contributed by atoms with E-state index in [1.165, 1.54) is 0 Å². The summed E-state index contributed by atoms with van der Waals surface area (Å²) < 4.78 is 5.39. The maximum atomic E-state index is 12.3. The molecule has 7 heteroatoms. The summed E-state index contributed by atoms with van der Waals surface area (Å²) in [6.45, 7) is 4.14. The lowest BCUT2D eigenvalue weighted by Crippen LogP contribution is -2.37. The van der Waals surface area contributed by atoms with Gasteiger partial charge >= 0.3 is 0 Å². The summed E-state index contributed by atoms with van der Waals surface area (Å²) in [5, 5.41) is 5.29. The number of benzene rings is 2. The quantitative estimate of drug-likeness (QED) is 0.783. The Morgan fingerprint density at radius 3 is 2.75 bits per heavy atom. The van der Waals surface area contributed by atoms with Crippen molar-refractivity contribution in [3.63, 3.8) is 0 Å². The van der Waals surface area contributed by atoms with E-state index in [4.69, 9.17) is 27.9 Å². The summed E-state index contributed by atoms with van der Waals surface area (Å²) in [6.07, 6.45) is 2.40. The number of rotatable bonds is 6. The second-order valence-corrected chi connectivity index (χ2v) is 7.51. The highest BCUT2D eigenvalue weighted by molar-refractivity contribution is 6.35. The number of ether oxygens (including phenoxy) is 1. The molecule has 2 aromatic rings. The molecule has 1 N–H and O–H groups in total. The van der Waals surface area contributed by atoms with Crippen LogP contribution in [0, 0.1) is 19.8 Å². The molecule has 1 unspecified atom stereocenters. The van der Waals surface area contributed by atoms with Crippen LogP contribution in [0.4, 0.5) is 0 Å². The average molecular weight is 419 g/mol. The van der Waals surface area contributed by atoms with Crippen molar-refractivity contribution < 1.29 is 14.3 Å². The molecular weight excluding hydrogens is 399 g/mol. The molecule has 0 spiro atoms. The van der Waals surface area contributed by atoms with Crippen LogP contribution in [0.3, 0.4) is 0 Å². The number of hydrogen-bond acceptors (Lipinski definition) is 3. The minimum atomic E-state index is -0.346. The van der Waals surface area contributed by atoms with Gasteiger partial charge in [0.2, 0.25) is 0 Å². The number of fused-ring (bicyclic) bond motifs is 1. The van der Waals surface area contributed by atoms with Crippen LogP contribution in [0.1, 0.15) is 17.5 Å². The highest BCUT2D eigenvalue weighted by Gasteiger charge is 2.19. The van der Waals surface area contributed by atoms with Crippen molar-refractivity contribution >= 4 is 41.1 Å². The largest absolute Gasteiger partial charge is 0.482 e. The highest BCUT2D eigenvalue weighted by atomic mass is 35.5. The van der Waals surface area contributed by atoms with Gasteiger partial charge < -0.3 is 10.1 Å². The van der Waals surface area contributed by atoms with Gasteiger partial charge in [0.1, 0.15) is 5.75 Å². The van der Waals surface area contributed by atoms with E-state index in [0.29, 0.717) is 28.8 Å². The van der Waals surface area contributed by atoms with Crippen LogP contribution in [-0.2, 0) is 9.59 Å². The summed E-state index contributed by atoms with van der Waals surface area (Å²) in [6, 6.07) is 8.79. The highest BCUT2D eigenvalue weighted by Crippen LogP contribution is 2.27. The maximum absolute atomic E-state index is 12.3. The van der Waals surface area contributed by atoms with Crippen LogP contribution in [0.2, 0.25) is 10.0 Å². The summed E-state index contributed by atoms with van der Waals surface area (Å²) in [4.78, 5) is 28.5. The van der Waals surface area contributed by atoms with Crippen LogP contribution in [0.5, 0.6) is 5.75 Å². The van der Waals surface area contributed by atoms with Gasteiger partial charge in [-0.05, 0) is 54.8 Å². The van der Waals surface area contributed by atoms with Gasteiger partial charge in [0.25, 0.3) is 11.8 Å². The number of aryl methyl sites for hydroxylation is 1. The summed E-state index contributed by atoms with van der Waals surface area (Å²) in [5.41, 5.74) is 2.13. The van der Waals surface area contributed by atoms with E-state index in [2.05, 4.69) is 10.3 Å². The Kier molecular flexibility index (Phi) is 6.37. The molecule has 0 saturated carbocycles. The molecule has 0 bridgehead atoms. The Morgan fingerprint density at radius 2 is 2.00 bits per heavy atom. The van der Waals surface area contributed by atoms with Crippen molar-refractivity contribution in [2.24, 2.45) is 10.9 Å². The van der Waals surface area contributed by atoms with Gasteiger partial charge in [-0.25, -0.2) is 4.99 Å². The third kappa shape index (κ3) is 4.72. The van der Waals surface area contributed by atoms with E-state index in [9.17, 15) is 9.59 Å². The summed E-state index contributed by atoms with van der Waals surface area (Å²) in [7, 11) is 0. The standard InChI is InChI=1S/C21H20Cl2N2O3/c1-12-3-4-14-9-15(21(27)25-20(14)13(12)2)7-8-24-19(26)11-28-18-6-5-16(22)10-17(18)23/h3-6,9-10,15H,7-8,11H2,1-2H3,(H,24,26). The van der Waals surface area contributed by atoms with Crippen molar-refractivity contribution in [2.75, 3.05) is 13.2 Å². The second kappa shape index (κ2) is 8.76. The number of halogens is 2. The first-order valence-electron chi connectivity index (χ1n) is 8.90. The number of nitrogens with one attached hydrogen (secondary N) is 1. The molecule has 1 aliphatic heterocycles. The van der Waals surface area contributed by atoms with Gasteiger partial charge in [-0.15, -0.1) is 0 Å². The topological polar surface area (TPSA) is 67.8 Å². The van der Waals surface area contributed by atoms with Crippen molar-refractivity contribution in [1.29, 1.82) is 0 Å². The molecule has 146 valence electrons. The fourth-order valence-electron chi connectivity index (χ4n) is 2.95. The summed E-state index contributed by atoms with van der Waals surface area (Å²) >= 11 is 11.8. The predicted molar refractivity (Wildman–Crippen MR) is 109 cm³/mol. The molecule has 0 radical (unpaired) electrons. The fraction of sp³-hybridized carbons (Fsp3) is 0.286. The smallest absolute Gasteiger partial charge is 0.257 e. The minimum Gasteiger partial charge on any atom is -0.482 e. The molecule has 1 heterocycles. The summed E-state index contributed by atoms with van der Waals surface area (Å²) in [5.74, 6) is -0.433. The normalized spacial score (nSPS) is 15.3. The molecule has 0 aliphatic carbocycles. The first kappa shape index (κ1) is 20.4. The zero-order chi connectivity index (χ0) is 20.3. The van der Waals surface area contributed by atoms with Gasteiger partial charge in [-0.1, -0.05) is 41.4 Å². The zero-order valence-corrected chi connectivity index (χ0v) is 17.1. The number of amides is 2. The van der Waals surface area contributed by atoms with Crippen LogP contribution in [0.15, 0.2) is 35.3 Å². The molecule has 0 saturated heterocycles. The molecule has 0 aromatic heterocycles. The molecule has 1 aliphatic rings. The van der Waals surface area contributed by atoms with E-state index in [1.54, 1.807) is 18.2 Å². The van der Waals surface area contributed by atoms with E-state index in [0.717, 1.165) is 21.7 Å². The van der Waals surface area contributed by atoms with Crippen LogP contribution in [0.25, 0.3) is 6.08 Å². The first-order valence-corrected chi connectivity index (χ1v) is 9.66. The third-order valence-electron chi connectivity index (χ3n) is 4.68. The number of carbonyl (C=O) groups is 2. The van der Waals surface area contributed by atoms with Gasteiger partial charge in [0.15, 0.2) is 6.61 Å². The number of carbonyl (C=O) groups excluding carboxylic acids is 2. The molecule has 3 rings (SSSR count). The lowest BCUT2D eigenvalue weighted by atomic mass is 9.98. The van der Waals surface area contributed by atoms with Crippen molar-refractivity contribution in [3.8, 4) is 5.75 Å². The monoisotopic (exact) mass is 418 g/mol. The fourth-order valence-corrected chi connectivity index (χ4v) is 3.41. The van der Waals surface area contributed by atoms with Gasteiger partial charge in [0, 0.05) is 11.6 Å². The van der Waals surface area contributed by atoms with E-state index >= 15 is 0 Å². The first-order chi connectivity index (χ1) is 13.3. The molecule has 1 atom stereocenters. The van der Waals surface area contributed by atoms with Crippen LogP contribution in [-0.4, -0.2) is 25.0 Å². The molecule has 28 heavy (non-hydrogen) atoms. The Balaban J connectivity index is 1.53. The van der Waals surface area contributed by atoms with E-state index in [1.807, 2.05) is 32.1 Å².